The summed E-state index contributed by atoms with van der Waals surface area (Å²) in [5, 5.41) is 0. The summed E-state index contributed by atoms with van der Waals surface area (Å²) in [7, 11) is -7.36. The lowest BCUT2D eigenvalue weighted by atomic mass is 10.2. The summed E-state index contributed by atoms with van der Waals surface area (Å²) in [6.45, 7) is 1.87. The zero-order valence-corrected chi connectivity index (χ0v) is 15.6. The second-order valence-corrected chi connectivity index (χ2v) is 9.39. The SMILES string of the molecule is Cc1ccc(S(=O)(=O)Nc2ccc(S(=O)(=O)c3ccccc3)cc2)cc1. The van der Waals surface area contributed by atoms with Gasteiger partial charge < -0.3 is 0 Å². The van der Waals surface area contributed by atoms with Crippen LogP contribution in [0.1, 0.15) is 5.56 Å². The minimum atomic E-state index is -3.73. The number of nitrogens with one attached hydrogen (secondary N) is 1. The van der Waals surface area contributed by atoms with Crippen LogP contribution in [0.25, 0.3) is 0 Å². The monoisotopic (exact) mass is 387 g/mol. The van der Waals surface area contributed by atoms with Gasteiger partial charge in [-0.2, -0.15) is 0 Å². The lowest BCUT2D eigenvalue weighted by Gasteiger charge is -2.10. The van der Waals surface area contributed by atoms with Crippen molar-refractivity contribution >= 4 is 25.5 Å². The summed E-state index contributed by atoms with van der Waals surface area (Å²) >= 11 is 0. The van der Waals surface area contributed by atoms with Crippen LogP contribution >= 0.6 is 0 Å². The molecule has 0 atom stereocenters. The number of anilines is 1. The summed E-state index contributed by atoms with van der Waals surface area (Å²) in [5.41, 5.74) is 1.25. The molecule has 0 spiro atoms. The van der Waals surface area contributed by atoms with Crippen molar-refractivity contribution in [2.45, 2.75) is 21.6 Å². The number of hydrogen-bond donors (Lipinski definition) is 1. The van der Waals surface area contributed by atoms with Gasteiger partial charge in [-0.1, -0.05) is 35.9 Å². The van der Waals surface area contributed by atoms with Crippen LogP contribution in [0.3, 0.4) is 0 Å². The Labute approximate surface area is 153 Å². The van der Waals surface area contributed by atoms with E-state index in [0.29, 0.717) is 0 Å². The fourth-order valence-electron chi connectivity index (χ4n) is 2.37. The largest absolute Gasteiger partial charge is 0.280 e. The van der Waals surface area contributed by atoms with E-state index in [1.54, 1.807) is 30.3 Å². The van der Waals surface area contributed by atoms with Crippen LogP contribution in [0.2, 0.25) is 0 Å². The van der Waals surface area contributed by atoms with Crippen molar-refractivity contribution in [3.8, 4) is 0 Å². The van der Waals surface area contributed by atoms with Gasteiger partial charge in [0.15, 0.2) is 0 Å². The van der Waals surface area contributed by atoms with Gasteiger partial charge in [0.25, 0.3) is 10.0 Å². The predicted molar refractivity (Wildman–Crippen MR) is 100 cm³/mol. The van der Waals surface area contributed by atoms with E-state index in [4.69, 9.17) is 0 Å². The Kier molecular flexibility index (Phi) is 4.84. The second-order valence-electron chi connectivity index (χ2n) is 5.76. The Bertz CT molecular complexity index is 1100. The van der Waals surface area contributed by atoms with E-state index < -0.39 is 19.9 Å². The zero-order chi connectivity index (χ0) is 18.8. The molecule has 0 aromatic heterocycles. The number of hydrogen-bond acceptors (Lipinski definition) is 4. The number of sulfone groups is 1. The molecule has 0 amide bonds. The van der Waals surface area contributed by atoms with Gasteiger partial charge in [-0.15, -0.1) is 0 Å². The first-order valence-corrected chi connectivity index (χ1v) is 10.8. The van der Waals surface area contributed by atoms with Crippen molar-refractivity contribution in [1.82, 2.24) is 0 Å². The van der Waals surface area contributed by atoms with E-state index in [1.807, 2.05) is 6.92 Å². The van der Waals surface area contributed by atoms with Gasteiger partial charge in [-0.25, -0.2) is 16.8 Å². The molecule has 0 aliphatic heterocycles. The van der Waals surface area contributed by atoms with E-state index in [0.717, 1.165) is 5.56 Å². The van der Waals surface area contributed by atoms with Gasteiger partial charge in [0.2, 0.25) is 9.84 Å². The van der Waals surface area contributed by atoms with Crippen molar-refractivity contribution in [2.75, 3.05) is 4.72 Å². The predicted octanol–water partition coefficient (Wildman–Crippen LogP) is 3.63. The molecule has 134 valence electrons. The second kappa shape index (κ2) is 6.93. The van der Waals surface area contributed by atoms with Crippen LogP contribution in [0.5, 0.6) is 0 Å². The third kappa shape index (κ3) is 3.79. The normalized spacial score (nSPS) is 11.9. The molecule has 3 aromatic rings. The van der Waals surface area contributed by atoms with Crippen molar-refractivity contribution in [2.24, 2.45) is 0 Å². The van der Waals surface area contributed by atoms with E-state index in [2.05, 4.69) is 4.72 Å². The molecule has 1 N–H and O–H groups in total. The van der Waals surface area contributed by atoms with Gasteiger partial charge in [-0.3, -0.25) is 4.72 Å². The average molecular weight is 387 g/mol. The number of aryl methyl sites for hydroxylation is 1. The molecule has 0 unspecified atom stereocenters. The third-order valence-corrected chi connectivity index (χ3v) is 6.98. The summed E-state index contributed by atoms with van der Waals surface area (Å²) < 4.78 is 52.3. The quantitative estimate of drug-likeness (QED) is 0.725. The molecular formula is C19H17NO4S2. The van der Waals surface area contributed by atoms with Crippen molar-refractivity contribution in [1.29, 1.82) is 0 Å². The highest BCUT2D eigenvalue weighted by molar-refractivity contribution is 7.92. The number of benzene rings is 3. The van der Waals surface area contributed by atoms with E-state index in [1.165, 1.54) is 48.5 Å². The highest BCUT2D eigenvalue weighted by atomic mass is 32.2. The van der Waals surface area contributed by atoms with Crippen LogP contribution < -0.4 is 4.72 Å². The fourth-order valence-corrected chi connectivity index (χ4v) is 4.71. The minimum absolute atomic E-state index is 0.0991. The smallest absolute Gasteiger partial charge is 0.261 e. The van der Waals surface area contributed by atoms with E-state index in [-0.39, 0.29) is 20.4 Å². The van der Waals surface area contributed by atoms with E-state index >= 15 is 0 Å². The first-order valence-electron chi connectivity index (χ1n) is 7.79. The molecule has 3 aromatic carbocycles. The molecule has 0 aliphatic rings. The molecular weight excluding hydrogens is 370 g/mol. The first-order chi connectivity index (χ1) is 12.3. The summed E-state index contributed by atoms with van der Waals surface area (Å²) in [6.07, 6.45) is 0. The molecule has 0 fully saturated rings. The van der Waals surface area contributed by atoms with E-state index in [9.17, 15) is 16.8 Å². The van der Waals surface area contributed by atoms with Gasteiger partial charge in [0.05, 0.1) is 14.7 Å². The minimum Gasteiger partial charge on any atom is -0.280 e. The summed E-state index contributed by atoms with van der Waals surface area (Å²) in [4.78, 5) is 0.430. The zero-order valence-electron chi connectivity index (χ0n) is 14.0. The lowest BCUT2D eigenvalue weighted by molar-refractivity contribution is 0.596. The van der Waals surface area contributed by atoms with Crippen molar-refractivity contribution < 1.29 is 16.8 Å². The van der Waals surface area contributed by atoms with Crippen LogP contribution in [0.15, 0.2) is 93.5 Å². The number of rotatable bonds is 5. The maximum Gasteiger partial charge on any atom is 0.261 e. The standard InChI is InChI=1S/C19H17NO4S2/c1-15-7-11-19(12-8-15)26(23,24)20-16-9-13-18(14-10-16)25(21,22)17-5-3-2-4-6-17/h2-14,20H,1H3. The van der Waals surface area contributed by atoms with Gasteiger partial charge in [0, 0.05) is 5.69 Å². The molecule has 3 rings (SSSR count). The molecule has 0 aliphatic carbocycles. The van der Waals surface area contributed by atoms with Gasteiger partial charge in [-0.05, 0) is 55.5 Å². The topological polar surface area (TPSA) is 80.3 Å². The van der Waals surface area contributed by atoms with Gasteiger partial charge in [0.1, 0.15) is 0 Å². The maximum atomic E-state index is 12.5. The summed E-state index contributed by atoms with van der Waals surface area (Å²) in [6, 6.07) is 20.2. The first kappa shape index (κ1) is 18.2. The Morgan fingerprint density at radius 1 is 0.615 bits per heavy atom. The Hall–Kier alpha value is -2.64. The van der Waals surface area contributed by atoms with Crippen LogP contribution in [0, 0.1) is 6.92 Å². The average Bonchev–Trinajstić information content (AvgIpc) is 2.63. The highest BCUT2D eigenvalue weighted by Crippen LogP contribution is 2.23. The summed E-state index contributed by atoms with van der Waals surface area (Å²) in [5.74, 6) is 0. The molecule has 7 heteroatoms. The molecule has 0 heterocycles. The molecule has 0 bridgehead atoms. The Morgan fingerprint density at radius 3 is 1.69 bits per heavy atom. The molecule has 0 saturated heterocycles. The van der Waals surface area contributed by atoms with Crippen molar-refractivity contribution in [3.05, 3.63) is 84.4 Å². The molecule has 0 saturated carbocycles. The molecule has 26 heavy (non-hydrogen) atoms. The Balaban J connectivity index is 1.85. The molecule has 5 nitrogen and oxygen atoms in total. The van der Waals surface area contributed by atoms with Crippen LogP contribution in [0.4, 0.5) is 5.69 Å². The lowest BCUT2D eigenvalue weighted by Crippen LogP contribution is -2.13. The van der Waals surface area contributed by atoms with Crippen LogP contribution in [-0.2, 0) is 19.9 Å². The highest BCUT2D eigenvalue weighted by Gasteiger charge is 2.18. The third-order valence-electron chi connectivity index (χ3n) is 3.80. The number of sulfonamides is 1. The maximum absolute atomic E-state index is 12.5. The van der Waals surface area contributed by atoms with Crippen molar-refractivity contribution in [3.63, 3.8) is 0 Å². The van der Waals surface area contributed by atoms with Gasteiger partial charge >= 0.3 is 0 Å². The van der Waals surface area contributed by atoms with Crippen LogP contribution in [-0.4, -0.2) is 16.8 Å². The Morgan fingerprint density at radius 2 is 1.12 bits per heavy atom. The fraction of sp³-hybridized carbons (Fsp3) is 0.0526. The molecule has 0 radical (unpaired) electrons.